The van der Waals surface area contributed by atoms with Gasteiger partial charge in [-0.2, -0.15) is 0 Å². The summed E-state index contributed by atoms with van der Waals surface area (Å²) in [5.74, 6) is 1.67. The first-order chi connectivity index (χ1) is 9.61. The average molecular weight is 291 g/mol. The fourth-order valence-corrected chi connectivity index (χ4v) is 3.15. The number of amides is 1. The van der Waals surface area contributed by atoms with Gasteiger partial charge in [0.2, 0.25) is 5.91 Å². The van der Waals surface area contributed by atoms with Crippen LogP contribution in [0.1, 0.15) is 37.1 Å². The molecule has 1 aliphatic heterocycles. The van der Waals surface area contributed by atoms with Gasteiger partial charge >= 0.3 is 0 Å². The van der Waals surface area contributed by atoms with Crippen molar-refractivity contribution < 1.29 is 4.79 Å². The summed E-state index contributed by atoms with van der Waals surface area (Å²) >= 11 is 1.58. The number of aromatic nitrogens is 4. The highest BCUT2D eigenvalue weighted by Gasteiger charge is 2.33. The highest BCUT2D eigenvalue weighted by atomic mass is 32.1. The normalized spacial score (nSPS) is 18.4. The van der Waals surface area contributed by atoms with Crippen molar-refractivity contribution in [1.29, 1.82) is 0 Å². The van der Waals surface area contributed by atoms with Gasteiger partial charge in [0.1, 0.15) is 11.7 Å². The number of carbonyl (C=O) groups excluding carboxylic acids is 1. The Labute approximate surface area is 121 Å². The molecule has 0 aliphatic carbocycles. The second kappa shape index (κ2) is 4.97. The van der Waals surface area contributed by atoms with Crippen molar-refractivity contribution in [2.45, 2.75) is 39.8 Å². The highest BCUT2D eigenvalue weighted by molar-refractivity contribution is 7.09. The topological polar surface area (TPSA) is 63.9 Å². The van der Waals surface area contributed by atoms with Crippen LogP contribution in [0.15, 0.2) is 5.38 Å². The molecule has 2 aromatic rings. The van der Waals surface area contributed by atoms with Gasteiger partial charge in [0.25, 0.3) is 0 Å². The first-order valence-corrected chi connectivity index (χ1v) is 7.64. The fraction of sp³-hybridized carbons (Fsp3) is 0.538. The predicted octanol–water partition coefficient (Wildman–Crippen LogP) is 2.02. The zero-order valence-electron chi connectivity index (χ0n) is 11.8. The lowest BCUT2D eigenvalue weighted by Gasteiger charge is -2.31. The van der Waals surface area contributed by atoms with Crippen molar-refractivity contribution in [3.63, 3.8) is 0 Å². The minimum absolute atomic E-state index is 0.132. The van der Waals surface area contributed by atoms with Gasteiger partial charge < -0.3 is 4.90 Å². The van der Waals surface area contributed by atoms with Gasteiger partial charge in [0, 0.05) is 11.9 Å². The lowest BCUT2D eigenvalue weighted by Crippen LogP contribution is -2.42. The minimum atomic E-state index is -0.266. The Hall–Kier alpha value is -1.76. The van der Waals surface area contributed by atoms with Crippen molar-refractivity contribution in [2.75, 3.05) is 6.54 Å². The van der Waals surface area contributed by atoms with Crippen LogP contribution in [-0.4, -0.2) is 37.1 Å². The lowest BCUT2D eigenvalue weighted by atomic mass is 10.2. The van der Waals surface area contributed by atoms with E-state index in [1.54, 1.807) is 11.3 Å². The van der Waals surface area contributed by atoms with Gasteiger partial charge in [-0.15, -0.1) is 21.5 Å². The van der Waals surface area contributed by atoms with E-state index in [1.807, 2.05) is 28.7 Å². The summed E-state index contributed by atoms with van der Waals surface area (Å²) < 4.78 is 1.92. The van der Waals surface area contributed by atoms with E-state index in [-0.39, 0.29) is 11.9 Å². The third kappa shape index (κ3) is 2.02. The van der Waals surface area contributed by atoms with Gasteiger partial charge in [0.15, 0.2) is 11.6 Å². The summed E-state index contributed by atoms with van der Waals surface area (Å²) in [6.45, 7) is 7.23. The van der Waals surface area contributed by atoms with Gasteiger partial charge in [-0.1, -0.05) is 6.92 Å². The van der Waals surface area contributed by atoms with Crippen molar-refractivity contribution in [1.82, 2.24) is 24.6 Å². The molecule has 0 fully saturated rings. The molecule has 0 unspecified atom stereocenters. The lowest BCUT2D eigenvalue weighted by molar-refractivity contribution is -0.136. The Morgan fingerprint density at radius 3 is 2.90 bits per heavy atom. The molecule has 0 saturated carbocycles. The molecule has 2 aromatic heterocycles. The highest BCUT2D eigenvalue weighted by Crippen LogP contribution is 2.28. The quantitative estimate of drug-likeness (QED) is 0.868. The van der Waals surface area contributed by atoms with E-state index in [0.29, 0.717) is 12.4 Å². The second-order valence-electron chi connectivity index (χ2n) is 5.00. The molecule has 6 nitrogen and oxygen atoms in total. The van der Waals surface area contributed by atoms with Gasteiger partial charge in [-0.05, 0) is 20.3 Å². The van der Waals surface area contributed by atoms with Crippen LogP contribution in [0.2, 0.25) is 0 Å². The number of rotatable bonds is 3. The van der Waals surface area contributed by atoms with Crippen molar-refractivity contribution >= 4 is 17.2 Å². The maximum atomic E-state index is 12.4. The first-order valence-electron chi connectivity index (χ1n) is 6.77. The zero-order valence-corrected chi connectivity index (χ0v) is 12.6. The molecular weight excluding hydrogens is 274 g/mol. The smallest absolute Gasteiger partial charge is 0.245 e. The van der Waals surface area contributed by atoms with E-state index in [2.05, 4.69) is 22.1 Å². The van der Waals surface area contributed by atoms with E-state index in [1.165, 1.54) is 0 Å². The van der Waals surface area contributed by atoms with Crippen LogP contribution < -0.4 is 0 Å². The van der Waals surface area contributed by atoms with E-state index >= 15 is 0 Å². The number of aryl methyl sites for hydroxylation is 1. The molecule has 7 heteroatoms. The van der Waals surface area contributed by atoms with E-state index in [0.717, 1.165) is 29.5 Å². The maximum absolute atomic E-state index is 12.4. The summed E-state index contributed by atoms with van der Waals surface area (Å²) in [5, 5.41) is 11.4. The molecule has 0 bridgehead atoms. The van der Waals surface area contributed by atoms with Gasteiger partial charge in [0.05, 0.1) is 11.6 Å². The Morgan fingerprint density at radius 2 is 2.25 bits per heavy atom. The Bertz CT molecular complexity index is 647. The third-order valence-electron chi connectivity index (χ3n) is 3.50. The van der Waals surface area contributed by atoms with Crippen LogP contribution in [0.25, 0.3) is 11.5 Å². The molecule has 0 spiro atoms. The molecule has 1 aliphatic rings. The summed E-state index contributed by atoms with van der Waals surface area (Å²) in [6, 6.07) is -0.266. The first kappa shape index (κ1) is 13.2. The largest absolute Gasteiger partial charge is 0.333 e. The predicted molar refractivity (Wildman–Crippen MR) is 76.3 cm³/mol. The Kier molecular flexibility index (Phi) is 3.29. The standard InChI is InChI=1S/C13H17N5OS/c1-4-5-17-6-11-15-16-12(10-7-20-9(3)14-10)18(11)8(2)13(17)19/h7-8H,4-6H2,1-3H3/t8-/m1/s1. The molecule has 1 amide bonds. The third-order valence-corrected chi connectivity index (χ3v) is 4.27. The molecule has 0 aromatic carbocycles. The number of hydrogen-bond acceptors (Lipinski definition) is 5. The molecule has 0 radical (unpaired) electrons. The summed E-state index contributed by atoms with van der Waals surface area (Å²) in [6.07, 6.45) is 0.949. The van der Waals surface area contributed by atoms with Crippen LogP contribution in [-0.2, 0) is 11.3 Å². The van der Waals surface area contributed by atoms with Crippen molar-refractivity contribution in [3.05, 3.63) is 16.2 Å². The van der Waals surface area contributed by atoms with Crippen LogP contribution in [0.4, 0.5) is 0 Å². The number of hydrogen-bond donors (Lipinski definition) is 0. The molecule has 3 rings (SSSR count). The monoisotopic (exact) mass is 291 g/mol. The van der Waals surface area contributed by atoms with Gasteiger partial charge in [-0.25, -0.2) is 4.98 Å². The summed E-state index contributed by atoms with van der Waals surface area (Å²) in [7, 11) is 0. The maximum Gasteiger partial charge on any atom is 0.245 e. The summed E-state index contributed by atoms with van der Waals surface area (Å²) in [4.78, 5) is 18.7. The van der Waals surface area contributed by atoms with E-state index in [9.17, 15) is 4.79 Å². The van der Waals surface area contributed by atoms with Crippen LogP contribution in [0.3, 0.4) is 0 Å². The number of carbonyl (C=O) groups is 1. The minimum Gasteiger partial charge on any atom is -0.333 e. The SMILES string of the molecule is CCCN1Cc2nnc(-c3csc(C)n3)n2[C@H](C)C1=O. The van der Waals surface area contributed by atoms with Crippen LogP contribution >= 0.6 is 11.3 Å². The fourth-order valence-electron chi connectivity index (χ4n) is 2.56. The molecule has 106 valence electrons. The molecule has 1 atom stereocenters. The van der Waals surface area contributed by atoms with E-state index in [4.69, 9.17) is 0 Å². The average Bonchev–Trinajstić information content (AvgIpc) is 3.02. The molecular formula is C13H17N5OS. The second-order valence-corrected chi connectivity index (χ2v) is 6.06. The summed E-state index contributed by atoms with van der Waals surface area (Å²) in [5.41, 5.74) is 0.801. The molecule has 3 heterocycles. The Morgan fingerprint density at radius 1 is 1.45 bits per heavy atom. The number of thiazole rings is 1. The molecule has 0 N–H and O–H groups in total. The molecule has 0 saturated heterocycles. The van der Waals surface area contributed by atoms with E-state index < -0.39 is 0 Å². The van der Waals surface area contributed by atoms with Crippen molar-refractivity contribution in [3.8, 4) is 11.5 Å². The number of nitrogens with zero attached hydrogens (tertiary/aromatic N) is 5. The van der Waals surface area contributed by atoms with Crippen molar-refractivity contribution in [2.24, 2.45) is 0 Å². The number of fused-ring (bicyclic) bond motifs is 1. The molecule has 20 heavy (non-hydrogen) atoms. The van der Waals surface area contributed by atoms with Crippen LogP contribution in [0.5, 0.6) is 0 Å². The zero-order chi connectivity index (χ0) is 14.3. The van der Waals surface area contributed by atoms with Gasteiger partial charge in [-0.3, -0.25) is 9.36 Å². The van der Waals surface area contributed by atoms with Crippen LogP contribution in [0, 0.1) is 6.92 Å². The Balaban J connectivity index is 2.02.